The number of alkyl halides is 3. The first-order chi connectivity index (χ1) is 15.2. The highest BCUT2D eigenvalue weighted by atomic mass is 19.4. The quantitative estimate of drug-likeness (QED) is 0.450. The summed E-state index contributed by atoms with van der Waals surface area (Å²) in [5, 5.41) is 0. The summed E-state index contributed by atoms with van der Waals surface area (Å²) in [4.78, 5) is 12.5. The number of fused-ring (bicyclic) bond motifs is 2. The van der Waals surface area contributed by atoms with Gasteiger partial charge in [-0.1, -0.05) is 30.3 Å². The van der Waals surface area contributed by atoms with Gasteiger partial charge in [-0.05, 0) is 54.4 Å². The summed E-state index contributed by atoms with van der Waals surface area (Å²) in [6.07, 6.45) is -4.38. The van der Waals surface area contributed by atoms with Gasteiger partial charge in [0.15, 0.2) is 11.4 Å². The lowest BCUT2D eigenvalue weighted by molar-refractivity contribution is -0.137. The topological polar surface area (TPSA) is 76.3 Å². The van der Waals surface area contributed by atoms with Gasteiger partial charge in [0.05, 0.1) is 28.7 Å². The molecule has 3 aromatic carbocycles. The number of nitrogens with two attached hydrogens (primary N) is 1. The Balaban J connectivity index is 1.51. The van der Waals surface area contributed by atoms with Gasteiger partial charge in [-0.25, -0.2) is 4.98 Å². The molecule has 162 valence electrons. The first-order valence-corrected chi connectivity index (χ1v) is 9.99. The molecular formula is C24H19F3N4O. The second-order valence-corrected chi connectivity index (χ2v) is 7.92. The standard InChI is InChI=1S/C24H19F3N4O/c1-23(22-30-18-4-2-3-5-19(18)31-22)13-29-21(28)17-12-15(8-11-20(17)32-23)14-6-9-16(10-7-14)24(25,26)27/h2-12H,13H2,1H3,(H2,28,29)(H,30,31). The van der Waals surface area contributed by atoms with Gasteiger partial charge < -0.3 is 15.5 Å². The fourth-order valence-electron chi connectivity index (χ4n) is 3.77. The Hall–Kier alpha value is -3.81. The van der Waals surface area contributed by atoms with Crippen LogP contribution in [0.15, 0.2) is 71.7 Å². The number of aromatic amines is 1. The van der Waals surface area contributed by atoms with E-state index in [2.05, 4.69) is 15.0 Å². The number of aromatic nitrogens is 2. The summed E-state index contributed by atoms with van der Waals surface area (Å²) in [5.41, 5.74) is 8.33. The molecule has 1 aromatic heterocycles. The number of halogens is 3. The molecule has 1 unspecified atom stereocenters. The number of amidine groups is 1. The fourth-order valence-corrected chi connectivity index (χ4v) is 3.77. The highest BCUT2D eigenvalue weighted by molar-refractivity contribution is 6.01. The monoisotopic (exact) mass is 436 g/mol. The lowest BCUT2D eigenvalue weighted by Gasteiger charge is -2.26. The van der Waals surface area contributed by atoms with E-state index in [1.807, 2.05) is 31.2 Å². The number of aliphatic imine (C=N–C) groups is 1. The van der Waals surface area contributed by atoms with Crippen LogP contribution in [-0.2, 0) is 11.8 Å². The minimum atomic E-state index is -4.38. The number of imidazole rings is 1. The van der Waals surface area contributed by atoms with Crippen LogP contribution in [0.1, 0.15) is 23.9 Å². The predicted octanol–water partition coefficient (Wildman–Crippen LogP) is 5.26. The van der Waals surface area contributed by atoms with Crippen LogP contribution in [0.25, 0.3) is 22.2 Å². The molecule has 2 heterocycles. The molecule has 1 aliphatic rings. The molecule has 4 aromatic rings. The zero-order valence-corrected chi connectivity index (χ0v) is 17.1. The lowest BCUT2D eigenvalue weighted by atomic mass is 10.0. The molecule has 0 saturated heterocycles. The minimum absolute atomic E-state index is 0.253. The van der Waals surface area contributed by atoms with Crippen molar-refractivity contribution in [2.24, 2.45) is 10.7 Å². The molecule has 8 heteroatoms. The Morgan fingerprint density at radius 1 is 1.00 bits per heavy atom. The Bertz CT molecular complexity index is 1310. The highest BCUT2D eigenvalue weighted by Crippen LogP contribution is 2.36. The van der Waals surface area contributed by atoms with E-state index in [4.69, 9.17) is 10.5 Å². The first kappa shape index (κ1) is 20.1. The van der Waals surface area contributed by atoms with Crippen molar-refractivity contribution in [3.05, 3.63) is 83.7 Å². The third-order valence-corrected chi connectivity index (χ3v) is 5.58. The molecule has 3 N–H and O–H groups in total. The van der Waals surface area contributed by atoms with Gasteiger partial charge >= 0.3 is 6.18 Å². The molecule has 32 heavy (non-hydrogen) atoms. The normalized spacial score (nSPS) is 18.6. The third kappa shape index (κ3) is 3.47. The van der Waals surface area contributed by atoms with E-state index in [-0.39, 0.29) is 6.54 Å². The van der Waals surface area contributed by atoms with Gasteiger partial charge in [-0.15, -0.1) is 0 Å². The average molecular weight is 436 g/mol. The summed E-state index contributed by atoms with van der Waals surface area (Å²) in [6, 6.07) is 18.0. The molecule has 0 spiro atoms. The maximum atomic E-state index is 12.9. The Labute approximate surface area is 181 Å². The van der Waals surface area contributed by atoms with E-state index < -0.39 is 17.3 Å². The van der Waals surface area contributed by atoms with Crippen LogP contribution >= 0.6 is 0 Å². The zero-order valence-electron chi connectivity index (χ0n) is 17.1. The molecule has 5 nitrogen and oxygen atoms in total. The second-order valence-electron chi connectivity index (χ2n) is 7.92. The molecule has 5 rings (SSSR count). The van der Waals surface area contributed by atoms with Crippen LogP contribution in [0.3, 0.4) is 0 Å². The molecule has 0 radical (unpaired) electrons. The number of nitrogens with one attached hydrogen (secondary N) is 1. The van der Waals surface area contributed by atoms with Crippen LogP contribution in [0.4, 0.5) is 13.2 Å². The maximum absolute atomic E-state index is 12.9. The SMILES string of the molecule is CC1(c2nc3ccccc3[nH]2)CN=C(N)c2cc(-c3ccc(C(F)(F)F)cc3)ccc2O1. The van der Waals surface area contributed by atoms with Crippen molar-refractivity contribution in [2.75, 3.05) is 6.54 Å². The molecular weight excluding hydrogens is 417 g/mol. The Morgan fingerprint density at radius 2 is 1.72 bits per heavy atom. The lowest BCUT2D eigenvalue weighted by Crippen LogP contribution is -2.33. The molecule has 0 amide bonds. The van der Waals surface area contributed by atoms with Crippen molar-refractivity contribution < 1.29 is 17.9 Å². The van der Waals surface area contributed by atoms with E-state index in [1.54, 1.807) is 18.2 Å². The maximum Gasteiger partial charge on any atom is 0.416 e. The number of ether oxygens (including phenoxy) is 1. The number of hydrogen-bond donors (Lipinski definition) is 2. The molecule has 0 saturated carbocycles. The average Bonchev–Trinajstić information content (AvgIpc) is 3.17. The third-order valence-electron chi connectivity index (χ3n) is 5.58. The minimum Gasteiger partial charge on any atom is -0.477 e. The van der Waals surface area contributed by atoms with Crippen LogP contribution in [0.5, 0.6) is 5.75 Å². The Kier molecular flexibility index (Phi) is 4.47. The Morgan fingerprint density at radius 3 is 2.44 bits per heavy atom. The van der Waals surface area contributed by atoms with E-state index in [9.17, 15) is 13.2 Å². The van der Waals surface area contributed by atoms with Gasteiger partial charge in [-0.2, -0.15) is 13.2 Å². The molecule has 0 aliphatic carbocycles. The summed E-state index contributed by atoms with van der Waals surface area (Å²) in [7, 11) is 0. The molecule has 0 fully saturated rings. The molecule has 1 atom stereocenters. The summed E-state index contributed by atoms with van der Waals surface area (Å²) >= 11 is 0. The van der Waals surface area contributed by atoms with Gasteiger partial charge in [-0.3, -0.25) is 4.99 Å². The first-order valence-electron chi connectivity index (χ1n) is 9.99. The van der Waals surface area contributed by atoms with Crippen molar-refractivity contribution in [1.82, 2.24) is 9.97 Å². The number of nitrogens with zero attached hydrogens (tertiary/aromatic N) is 2. The zero-order chi connectivity index (χ0) is 22.5. The smallest absolute Gasteiger partial charge is 0.416 e. The van der Waals surface area contributed by atoms with Gasteiger partial charge in [0.2, 0.25) is 0 Å². The largest absolute Gasteiger partial charge is 0.477 e. The predicted molar refractivity (Wildman–Crippen MR) is 117 cm³/mol. The van der Waals surface area contributed by atoms with Gasteiger partial charge in [0.1, 0.15) is 11.6 Å². The van der Waals surface area contributed by atoms with Crippen molar-refractivity contribution >= 4 is 16.9 Å². The number of benzene rings is 3. The van der Waals surface area contributed by atoms with Crippen LogP contribution < -0.4 is 10.5 Å². The van der Waals surface area contributed by atoms with Crippen LogP contribution in [-0.4, -0.2) is 22.3 Å². The molecule has 0 bridgehead atoms. The van der Waals surface area contributed by atoms with Crippen molar-refractivity contribution in [1.29, 1.82) is 0 Å². The summed E-state index contributed by atoms with van der Waals surface area (Å²) in [6.45, 7) is 2.14. The number of hydrogen-bond acceptors (Lipinski definition) is 4. The number of H-pyrrole nitrogens is 1. The molecule has 1 aliphatic heterocycles. The van der Waals surface area contributed by atoms with Crippen LogP contribution in [0, 0.1) is 0 Å². The number of rotatable bonds is 2. The van der Waals surface area contributed by atoms with Crippen molar-refractivity contribution in [2.45, 2.75) is 18.7 Å². The fraction of sp³-hybridized carbons (Fsp3) is 0.167. The van der Waals surface area contributed by atoms with E-state index in [0.717, 1.165) is 23.2 Å². The summed E-state index contributed by atoms with van der Waals surface area (Å²) < 4.78 is 45.0. The second kappa shape index (κ2) is 7.12. The van der Waals surface area contributed by atoms with Gasteiger partial charge in [0, 0.05) is 0 Å². The van der Waals surface area contributed by atoms with E-state index >= 15 is 0 Å². The van der Waals surface area contributed by atoms with Crippen LogP contribution in [0.2, 0.25) is 0 Å². The number of para-hydroxylation sites is 2. The van der Waals surface area contributed by atoms with Crippen molar-refractivity contribution in [3.8, 4) is 16.9 Å². The van der Waals surface area contributed by atoms with Gasteiger partial charge in [0.25, 0.3) is 0 Å². The van der Waals surface area contributed by atoms with E-state index in [0.29, 0.717) is 34.1 Å². The highest BCUT2D eigenvalue weighted by Gasteiger charge is 2.36. The summed E-state index contributed by atoms with van der Waals surface area (Å²) in [5.74, 6) is 1.46. The van der Waals surface area contributed by atoms with E-state index in [1.165, 1.54) is 12.1 Å². The van der Waals surface area contributed by atoms with Crippen molar-refractivity contribution in [3.63, 3.8) is 0 Å².